The molecule has 0 saturated carbocycles. The molecule has 30 heavy (non-hydrogen) atoms. The van der Waals surface area contributed by atoms with Crippen molar-refractivity contribution in [2.45, 2.75) is 25.8 Å². The highest BCUT2D eigenvalue weighted by Gasteiger charge is 2.33. The Kier molecular flexibility index (Phi) is 5.76. The molecule has 0 bridgehead atoms. The molecule has 2 unspecified atom stereocenters. The number of primary amides is 1. The van der Waals surface area contributed by atoms with Crippen LogP contribution in [0.3, 0.4) is 0 Å². The maximum absolute atomic E-state index is 12.9. The molecule has 160 valence electrons. The van der Waals surface area contributed by atoms with Crippen LogP contribution in [0.4, 0.5) is 0 Å². The maximum Gasteiger partial charge on any atom is 0.270 e. The minimum Gasteiger partial charge on any atom is -0.369 e. The normalized spacial score (nSPS) is 21.6. The van der Waals surface area contributed by atoms with Gasteiger partial charge in [0.15, 0.2) is 0 Å². The van der Waals surface area contributed by atoms with Gasteiger partial charge in [-0.3, -0.25) is 19.3 Å². The highest BCUT2D eigenvalue weighted by atomic mass is 16.2. The molecule has 8 heteroatoms. The topological polar surface area (TPSA) is 103 Å². The number of amides is 3. The van der Waals surface area contributed by atoms with Gasteiger partial charge in [-0.05, 0) is 31.9 Å². The van der Waals surface area contributed by atoms with Crippen LogP contribution in [0.5, 0.6) is 0 Å². The van der Waals surface area contributed by atoms with E-state index >= 15 is 0 Å². The Morgan fingerprint density at radius 3 is 2.50 bits per heavy atom. The quantitative estimate of drug-likeness (QED) is 0.785. The molecule has 3 N–H and O–H groups in total. The Bertz CT molecular complexity index is 914. The summed E-state index contributed by atoms with van der Waals surface area (Å²) in [4.78, 5) is 46.3. The highest BCUT2D eigenvalue weighted by Crippen LogP contribution is 2.20. The van der Waals surface area contributed by atoms with Gasteiger partial charge >= 0.3 is 0 Å². The van der Waals surface area contributed by atoms with Crippen LogP contribution in [0.15, 0.2) is 30.3 Å². The number of hydrogen-bond acceptors (Lipinski definition) is 4. The number of piperazine rings is 1. The van der Waals surface area contributed by atoms with E-state index in [-0.39, 0.29) is 29.7 Å². The molecule has 8 nitrogen and oxygen atoms in total. The molecule has 1 aromatic heterocycles. The van der Waals surface area contributed by atoms with Gasteiger partial charge in [-0.15, -0.1) is 0 Å². The molecule has 3 amide bonds. The summed E-state index contributed by atoms with van der Waals surface area (Å²) in [5.41, 5.74) is 6.99. The molecule has 2 saturated heterocycles. The number of hydrogen-bond donors (Lipinski definition) is 2. The van der Waals surface area contributed by atoms with Crippen LogP contribution in [-0.4, -0.2) is 82.7 Å². The van der Waals surface area contributed by atoms with Gasteiger partial charge in [0, 0.05) is 50.2 Å². The van der Waals surface area contributed by atoms with E-state index in [1.54, 1.807) is 4.90 Å². The first-order valence-corrected chi connectivity index (χ1v) is 10.6. The Morgan fingerprint density at radius 2 is 1.80 bits per heavy atom. The first kappa shape index (κ1) is 20.4. The molecule has 2 aliphatic heterocycles. The van der Waals surface area contributed by atoms with Crippen molar-refractivity contribution in [1.29, 1.82) is 0 Å². The van der Waals surface area contributed by atoms with Gasteiger partial charge in [0.2, 0.25) is 11.8 Å². The second-order valence-corrected chi connectivity index (χ2v) is 8.30. The van der Waals surface area contributed by atoms with Gasteiger partial charge in [-0.25, -0.2) is 0 Å². The number of likely N-dealkylation sites (tertiary alicyclic amines) is 1. The molecule has 2 atom stereocenters. The molecule has 0 aliphatic carbocycles. The second-order valence-electron chi connectivity index (χ2n) is 8.30. The third-order valence-corrected chi connectivity index (χ3v) is 6.40. The Morgan fingerprint density at radius 1 is 1.07 bits per heavy atom. The van der Waals surface area contributed by atoms with E-state index in [0.29, 0.717) is 45.0 Å². The number of aromatic nitrogens is 1. The summed E-state index contributed by atoms with van der Waals surface area (Å²) in [5, 5.41) is 1.02. The third-order valence-electron chi connectivity index (χ3n) is 6.40. The van der Waals surface area contributed by atoms with E-state index in [1.807, 2.05) is 42.2 Å². The standard InChI is InChI=1S/C22H29N5O3/c1-15(21(29)27-8-4-6-17(14-27)20(23)28)25-9-11-26(12-10-25)22(30)19-13-16-5-2-3-7-18(16)24-19/h2-3,5,7,13,15,17,24H,4,6,8-12,14H2,1H3,(H2,23,28). The predicted molar refractivity (Wildman–Crippen MR) is 114 cm³/mol. The number of carbonyl (C=O) groups excluding carboxylic acids is 3. The average molecular weight is 412 g/mol. The van der Waals surface area contributed by atoms with Crippen molar-refractivity contribution >= 4 is 28.6 Å². The molecule has 1 aromatic carbocycles. The van der Waals surface area contributed by atoms with Gasteiger partial charge < -0.3 is 20.5 Å². The van der Waals surface area contributed by atoms with E-state index in [1.165, 1.54) is 0 Å². The lowest BCUT2D eigenvalue weighted by Gasteiger charge is -2.40. The van der Waals surface area contributed by atoms with Crippen molar-refractivity contribution in [3.8, 4) is 0 Å². The Labute approximate surface area is 176 Å². The summed E-state index contributed by atoms with van der Waals surface area (Å²) < 4.78 is 0. The van der Waals surface area contributed by atoms with E-state index in [2.05, 4.69) is 9.88 Å². The molecule has 2 aliphatic rings. The number of para-hydroxylation sites is 1. The van der Waals surface area contributed by atoms with E-state index in [4.69, 9.17) is 5.73 Å². The number of rotatable bonds is 4. The first-order chi connectivity index (χ1) is 14.4. The average Bonchev–Trinajstić information content (AvgIpc) is 3.22. The number of nitrogens with two attached hydrogens (primary N) is 1. The molecule has 4 rings (SSSR count). The fraction of sp³-hybridized carbons (Fsp3) is 0.500. The van der Waals surface area contributed by atoms with Crippen molar-refractivity contribution in [3.05, 3.63) is 36.0 Å². The number of benzene rings is 1. The van der Waals surface area contributed by atoms with Gasteiger partial charge in [0.25, 0.3) is 5.91 Å². The van der Waals surface area contributed by atoms with Gasteiger partial charge in [0.1, 0.15) is 5.69 Å². The van der Waals surface area contributed by atoms with Crippen molar-refractivity contribution in [3.63, 3.8) is 0 Å². The summed E-state index contributed by atoms with van der Waals surface area (Å²) in [6, 6.07) is 9.45. The lowest BCUT2D eigenvalue weighted by atomic mass is 9.97. The van der Waals surface area contributed by atoms with Crippen LogP contribution in [0.1, 0.15) is 30.3 Å². The Hall–Kier alpha value is -2.87. The summed E-state index contributed by atoms with van der Waals surface area (Å²) in [6.07, 6.45) is 1.56. The summed E-state index contributed by atoms with van der Waals surface area (Å²) in [6.45, 7) is 5.44. The van der Waals surface area contributed by atoms with Gasteiger partial charge in [-0.2, -0.15) is 0 Å². The number of carbonyl (C=O) groups is 3. The summed E-state index contributed by atoms with van der Waals surface area (Å²) in [5.74, 6) is -0.550. The van der Waals surface area contributed by atoms with Crippen molar-refractivity contribution in [2.75, 3.05) is 39.3 Å². The first-order valence-electron chi connectivity index (χ1n) is 10.6. The zero-order valence-electron chi connectivity index (χ0n) is 17.3. The lowest BCUT2D eigenvalue weighted by molar-refractivity contribution is -0.140. The van der Waals surface area contributed by atoms with Crippen LogP contribution in [-0.2, 0) is 9.59 Å². The van der Waals surface area contributed by atoms with Crippen LogP contribution in [0, 0.1) is 5.92 Å². The fourth-order valence-electron chi connectivity index (χ4n) is 4.50. The molecular formula is C22H29N5O3. The molecule has 2 fully saturated rings. The molecule has 0 spiro atoms. The minimum atomic E-state index is -0.329. The second kappa shape index (κ2) is 8.47. The highest BCUT2D eigenvalue weighted by molar-refractivity contribution is 5.98. The van der Waals surface area contributed by atoms with E-state index in [0.717, 1.165) is 23.7 Å². The van der Waals surface area contributed by atoms with E-state index in [9.17, 15) is 14.4 Å². The van der Waals surface area contributed by atoms with Crippen molar-refractivity contribution in [2.24, 2.45) is 11.7 Å². The molecule has 2 aromatic rings. The third kappa shape index (κ3) is 4.05. The van der Waals surface area contributed by atoms with Crippen LogP contribution in [0.2, 0.25) is 0 Å². The van der Waals surface area contributed by atoms with Crippen molar-refractivity contribution < 1.29 is 14.4 Å². The molecule has 0 radical (unpaired) electrons. The number of nitrogens with zero attached hydrogens (tertiary/aromatic N) is 3. The number of fused-ring (bicyclic) bond motifs is 1. The fourth-order valence-corrected chi connectivity index (χ4v) is 4.50. The number of piperidine rings is 1. The lowest BCUT2D eigenvalue weighted by Crippen LogP contribution is -2.57. The number of nitrogens with one attached hydrogen (secondary N) is 1. The minimum absolute atomic E-state index is 0.00911. The Balaban J connectivity index is 1.33. The summed E-state index contributed by atoms with van der Waals surface area (Å²) >= 11 is 0. The predicted octanol–water partition coefficient (Wildman–Crippen LogP) is 1.04. The maximum atomic E-state index is 12.9. The SMILES string of the molecule is CC(C(=O)N1CCCC(C(N)=O)C1)N1CCN(C(=O)c2cc3ccccc3[nH]2)CC1. The van der Waals surface area contributed by atoms with Crippen LogP contribution < -0.4 is 5.73 Å². The summed E-state index contributed by atoms with van der Waals surface area (Å²) in [7, 11) is 0. The molecule has 3 heterocycles. The van der Waals surface area contributed by atoms with Crippen LogP contribution >= 0.6 is 0 Å². The largest absolute Gasteiger partial charge is 0.369 e. The van der Waals surface area contributed by atoms with Crippen molar-refractivity contribution in [1.82, 2.24) is 19.7 Å². The molecular weight excluding hydrogens is 382 g/mol. The van der Waals surface area contributed by atoms with Gasteiger partial charge in [-0.1, -0.05) is 18.2 Å². The van der Waals surface area contributed by atoms with E-state index < -0.39 is 0 Å². The number of aromatic amines is 1. The van der Waals surface area contributed by atoms with Crippen LogP contribution in [0.25, 0.3) is 10.9 Å². The number of H-pyrrole nitrogens is 1. The monoisotopic (exact) mass is 411 g/mol. The smallest absolute Gasteiger partial charge is 0.270 e. The van der Waals surface area contributed by atoms with Gasteiger partial charge in [0.05, 0.1) is 12.0 Å². The zero-order valence-corrected chi connectivity index (χ0v) is 17.3. The zero-order chi connectivity index (χ0) is 21.3.